The first kappa shape index (κ1) is 16.9. The third-order valence-electron chi connectivity index (χ3n) is 2.77. The first-order valence-electron chi connectivity index (χ1n) is 6.15. The number of phenols is 1. The number of carbonyl (C=O) groups is 1. The van der Waals surface area contributed by atoms with Gasteiger partial charge >= 0.3 is 0 Å². The Balaban J connectivity index is 2.19. The average Bonchev–Trinajstić information content (AvgIpc) is 2.51. The molecule has 9 heteroatoms. The summed E-state index contributed by atoms with van der Waals surface area (Å²) in [6.07, 6.45) is 1.18. The van der Waals surface area contributed by atoms with E-state index in [1.165, 1.54) is 42.6 Å². The van der Waals surface area contributed by atoms with E-state index in [-0.39, 0.29) is 22.6 Å². The molecular formula is C14H9BrClN3O4. The molecule has 0 aliphatic rings. The molecule has 0 saturated heterocycles. The van der Waals surface area contributed by atoms with E-state index in [2.05, 4.69) is 26.5 Å². The summed E-state index contributed by atoms with van der Waals surface area (Å²) in [5, 5.41) is 24.7. The predicted molar refractivity (Wildman–Crippen MR) is 89.0 cm³/mol. The molecule has 0 aliphatic heterocycles. The summed E-state index contributed by atoms with van der Waals surface area (Å²) in [5.41, 5.74) is 1.99. The van der Waals surface area contributed by atoms with Crippen LogP contribution in [0.15, 0.2) is 46.0 Å². The molecule has 0 aliphatic carbocycles. The second-order valence-electron chi connectivity index (χ2n) is 4.30. The Morgan fingerprint density at radius 1 is 1.39 bits per heavy atom. The Kier molecular flexibility index (Phi) is 5.30. The van der Waals surface area contributed by atoms with E-state index < -0.39 is 10.8 Å². The van der Waals surface area contributed by atoms with Gasteiger partial charge in [-0.1, -0.05) is 23.7 Å². The third-order valence-corrected chi connectivity index (χ3v) is 3.60. The SMILES string of the molecule is O=C(N/N=C\c1cc(Cl)cc(Br)c1O)c1ccccc1[N+](=O)[O-]. The van der Waals surface area contributed by atoms with Crippen LogP contribution in [-0.4, -0.2) is 22.2 Å². The number of nitrogens with one attached hydrogen (secondary N) is 1. The van der Waals surface area contributed by atoms with Gasteiger partial charge < -0.3 is 5.11 Å². The van der Waals surface area contributed by atoms with E-state index in [1.54, 1.807) is 0 Å². The summed E-state index contributed by atoms with van der Waals surface area (Å²) in [7, 11) is 0. The number of hydrogen-bond acceptors (Lipinski definition) is 5. The number of benzene rings is 2. The molecule has 0 heterocycles. The van der Waals surface area contributed by atoms with Crippen LogP contribution >= 0.6 is 27.5 Å². The van der Waals surface area contributed by atoms with Crippen molar-refractivity contribution in [2.45, 2.75) is 0 Å². The zero-order valence-corrected chi connectivity index (χ0v) is 13.7. The molecular weight excluding hydrogens is 390 g/mol. The van der Waals surface area contributed by atoms with Crippen LogP contribution in [-0.2, 0) is 0 Å². The van der Waals surface area contributed by atoms with E-state index in [1.807, 2.05) is 0 Å². The van der Waals surface area contributed by atoms with Crippen LogP contribution in [0.2, 0.25) is 5.02 Å². The molecule has 0 radical (unpaired) electrons. The van der Waals surface area contributed by atoms with Crippen molar-refractivity contribution in [2.24, 2.45) is 5.10 Å². The summed E-state index contributed by atoms with van der Waals surface area (Å²) >= 11 is 8.97. The summed E-state index contributed by atoms with van der Waals surface area (Å²) in [6, 6.07) is 8.45. The zero-order chi connectivity index (χ0) is 17.0. The first-order valence-corrected chi connectivity index (χ1v) is 7.32. The van der Waals surface area contributed by atoms with Crippen molar-refractivity contribution >= 4 is 45.3 Å². The Labute approximate surface area is 143 Å². The molecule has 0 aromatic heterocycles. The van der Waals surface area contributed by atoms with Crippen molar-refractivity contribution in [1.29, 1.82) is 0 Å². The van der Waals surface area contributed by atoms with Crippen molar-refractivity contribution in [2.75, 3.05) is 0 Å². The van der Waals surface area contributed by atoms with Crippen LogP contribution in [0, 0.1) is 10.1 Å². The molecule has 23 heavy (non-hydrogen) atoms. The fraction of sp³-hybridized carbons (Fsp3) is 0. The number of aromatic hydroxyl groups is 1. The number of hydrogen-bond donors (Lipinski definition) is 2. The second-order valence-corrected chi connectivity index (χ2v) is 5.59. The molecule has 0 fully saturated rings. The van der Waals surface area contributed by atoms with Gasteiger partial charge in [-0.05, 0) is 34.1 Å². The van der Waals surface area contributed by atoms with Crippen LogP contribution in [0.1, 0.15) is 15.9 Å². The highest BCUT2D eigenvalue weighted by Gasteiger charge is 2.18. The normalized spacial score (nSPS) is 10.7. The minimum absolute atomic E-state index is 0.0990. The maximum absolute atomic E-state index is 12.0. The lowest BCUT2D eigenvalue weighted by Crippen LogP contribution is -2.18. The first-order chi connectivity index (χ1) is 10.9. The van der Waals surface area contributed by atoms with Crippen molar-refractivity contribution in [3.05, 3.63) is 67.1 Å². The lowest BCUT2D eigenvalue weighted by molar-refractivity contribution is -0.385. The maximum atomic E-state index is 12.0. The number of nitrogens with zero attached hydrogens (tertiary/aromatic N) is 2. The number of nitro groups is 1. The Hall–Kier alpha value is -2.45. The standard InChI is InChI=1S/C14H9BrClN3O4/c15-11-6-9(16)5-8(13(11)20)7-17-18-14(21)10-3-1-2-4-12(10)19(22)23/h1-7,20H,(H,18,21)/b17-7-. The number of para-hydroxylation sites is 1. The zero-order valence-electron chi connectivity index (χ0n) is 11.4. The van der Waals surface area contributed by atoms with Crippen molar-refractivity contribution in [3.8, 4) is 5.75 Å². The van der Waals surface area contributed by atoms with Gasteiger partial charge in [0.1, 0.15) is 11.3 Å². The number of halogens is 2. The number of phenolic OH excluding ortho intramolecular Hbond substituents is 1. The molecule has 118 valence electrons. The van der Waals surface area contributed by atoms with Crippen LogP contribution in [0.5, 0.6) is 5.75 Å². The largest absolute Gasteiger partial charge is 0.506 e. The van der Waals surface area contributed by atoms with Crippen LogP contribution in [0.4, 0.5) is 5.69 Å². The highest BCUT2D eigenvalue weighted by molar-refractivity contribution is 9.10. The minimum Gasteiger partial charge on any atom is -0.506 e. The predicted octanol–water partition coefficient (Wildman–Crippen LogP) is 3.48. The van der Waals surface area contributed by atoms with Gasteiger partial charge in [-0.2, -0.15) is 5.10 Å². The summed E-state index contributed by atoms with van der Waals surface area (Å²) < 4.78 is 0.372. The number of hydrazone groups is 1. The highest BCUT2D eigenvalue weighted by atomic mass is 79.9. The number of carbonyl (C=O) groups excluding carboxylic acids is 1. The molecule has 0 bridgehead atoms. The lowest BCUT2D eigenvalue weighted by atomic mass is 10.2. The monoisotopic (exact) mass is 397 g/mol. The van der Waals surface area contributed by atoms with Crippen molar-refractivity contribution in [1.82, 2.24) is 5.43 Å². The molecule has 0 atom stereocenters. The van der Waals surface area contributed by atoms with Gasteiger partial charge in [-0.3, -0.25) is 14.9 Å². The smallest absolute Gasteiger partial charge is 0.282 e. The van der Waals surface area contributed by atoms with Gasteiger partial charge in [0.05, 0.1) is 15.6 Å². The number of nitro benzene ring substituents is 1. The molecule has 2 rings (SSSR count). The average molecular weight is 399 g/mol. The molecule has 1 amide bonds. The molecule has 2 aromatic rings. The van der Waals surface area contributed by atoms with Gasteiger partial charge in [0.2, 0.25) is 0 Å². The molecule has 0 spiro atoms. The minimum atomic E-state index is -0.742. The molecule has 2 aromatic carbocycles. The third kappa shape index (κ3) is 4.05. The summed E-state index contributed by atoms with van der Waals surface area (Å²) in [5.74, 6) is -0.841. The van der Waals surface area contributed by atoms with Crippen LogP contribution in [0.3, 0.4) is 0 Å². The fourth-order valence-electron chi connectivity index (χ4n) is 1.73. The topological polar surface area (TPSA) is 105 Å². The highest BCUT2D eigenvalue weighted by Crippen LogP contribution is 2.30. The van der Waals surface area contributed by atoms with Gasteiger partial charge in [0, 0.05) is 16.7 Å². The van der Waals surface area contributed by atoms with E-state index in [0.717, 1.165) is 0 Å². The van der Waals surface area contributed by atoms with E-state index in [0.29, 0.717) is 9.50 Å². The number of rotatable bonds is 4. The van der Waals surface area contributed by atoms with E-state index in [4.69, 9.17) is 11.6 Å². The van der Waals surface area contributed by atoms with E-state index in [9.17, 15) is 20.0 Å². The summed E-state index contributed by atoms with van der Waals surface area (Å²) in [6.45, 7) is 0. The molecule has 2 N–H and O–H groups in total. The van der Waals surface area contributed by atoms with Crippen molar-refractivity contribution < 1.29 is 14.8 Å². The van der Waals surface area contributed by atoms with Gasteiger partial charge in [-0.15, -0.1) is 0 Å². The van der Waals surface area contributed by atoms with Gasteiger partial charge in [0.25, 0.3) is 11.6 Å². The van der Waals surface area contributed by atoms with E-state index >= 15 is 0 Å². The molecule has 0 unspecified atom stereocenters. The van der Waals surface area contributed by atoms with Gasteiger partial charge in [0.15, 0.2) is 0 Å². The second kappa shape index (κ2) is 7.21. The Morgan fingerprint density at radius 2 is 2.09 bits per heavy atom. The van der Waals surface area contributed by atoms with Crippen LogP contribution in [0.25, 0.3) is 0 Å². The van der Waals surface area contributed by atoms with Gasteiger partial charge in [-0.25, -0.2) is 5.43 Å². The molecule has 7 nitrogen and oxygen atoms in total. The fourth-order valence-corrected chi connectivity index (χ4v) is 2.56. The van der Waals surface area contributed by atoms with Crippen molar-refractivity contribution in [3.63, 3.8) is 0 Å². The Bertz CT molecular complexity index is 811. The quantitative estimate of drug-likeness (QED) is 0.467. The Morgan fingerprint density at radius 3 is 2.78 bits per heavy atom. The van der Waals surface area contributed by atoms with Crippen LogP contribution < -0.4 is 5.43 Å². The molecule has 0 saturated carbocycles. The lowest BCUT2D eigenvalue weighted by Gasteiger charge is -2.03. The summed E-state index contributed by atoms with van der Waals surface area (Å²) in [4.78, 5) is 22.2. The maximum Gasteiger partial charge on any atom is 0.282 e. The number of amides is 1.